The molecule has 2 aliphatic carbocycles. The Hall–Kier alpha value is -2.98. The molecule has 3 fully saturated rings. The van der Waals surface area contributed by atoms with Crippen LogP contribution in [0.3, 0.4) is 0 Å². The van der Waals surface area contributed by atoms with Gasteiger partial charge in [-0.3, -0.25) is 0 Å². The maximum atomic E-state index is 9.87. The van der Waals surface area contributed by atoms with Crippen LogP contribution in [-0.2, 0) is 6.54 Å². The molecule has 2 aromatic heterocycles. The Labute approximate surface area is 195 Å². The Bertz CT molecular complexity index is 1160. The average Bonchev–Trinajstić information content (AvgIpc) is 3.24. The standard InChI is InChI=1S/C26H31N7/c27-16-20-15-19-5-1-2-10-25(19)28-26(20)32(23-8-4-9-23)17-21-18-33(30-29-21)24-11-13-31(14-12-24)22-6-3-7-22/h1-2,5,10,15,18,22-24H,3-4,6-9,11-14,17H2. The molecule has 6 rings (SSSR count). The molecule has 0 bridgehead atoms. The predicted octanol–water partition coefficient (Wildman–Crippen LogP) is 4.45. The van der Waals surface area contributed by atoms with Crippen molar-refractivity contribution in [1.29, 1.82) is 5.26 Å². The molecule has 2 saturated carbocycles. The van der Waals surface area contributed by atoms with Gasteiger partial charge < -0.3 is 9.80 Å². The third-order valence-corrected chi connectivity index (χ3v) is 7.97. The number of hydrogen-bond acceptors (Lipinski definition) is 6. The highest BCUT2D eigenvalue weighted by Gasteiger charge is 2.31. The van der Waals surface area contributed by atoms with Crippen LogP contribution in [0.1, 0.15) is 68.7 Å². The van der Waals surface area contributed by atoms with Crippen molar-refractivity contribution in [3.05, 3.63) is 47.8 Å². The van der Waals surface area contributed by atoms with Gasteiger partial charge in [-0.25, -0.2) is 9.67 Å². The summed E-state index contributed by atoms with van der Waals surface area (Å²) in [7, 11) is 0. The first-order valence-corrected chi connectivity index (χ1v) is 12.5. The number of nitrogens with zero attached hydrogens (tertiary/aromatic N) is 7. The Kier molecular flexibility index (Phi) is 5.47. The summed E-state index contributed by atoms with van der Waals surface area (Å²) in [5.74, 6) is 0.782. The number of benzene rings is 1. The van der Waals surface area contributed by atoms with Gasteiger partial charge in [-0.05, 0) is 57.1 Å². The number of nitriles is 1. The zero-order chi connectivity index (χ0) is 22.2. The second kappa shape index (κ2) is 8.75. The first-order chi connectivity index (χ1) is 16.3. The highest BCUT2D eigenvalue weighted by molar-refractivity contribution is 5.83. The van der Waals surface area contributed by atoms with Crippen LogP contribution in [0.25, 0.3) is 10.9 Å². The van der Waals surface area contributed by atoms with Crippen LogP contribution in [0, 0.1) is 11.3 Å². The van der Waals surface area contributed by atoms with E-state index in [1.165, 1.54) is 38.8 Å². The summed E-state index contributed by atoms with van der Waals surface area (Å²) in [4.78, 5) is 9.89. The number of anilines is 1. The Morgan fingerprint density at radius 3 is 2.48 bits per heavy atom. The number of hydrogen-bond donors (Lipinski definition) is 0. The lowest BCUT2D eigenvalue weighted by molar-refractivity contribution is 0.0838. The average molecular weight is 442 g/mol. The van der Waals surface area contributed by atoms with Gasteiger partial charge >= 0.3 is 0 Å². The van der Waals surface area contributed by atoms with E-state index in [2.05, 4.69) is 37.1 Å². The van der Waals surface area contributed by atoms with Crippen LogP contribution < -0.4 is 4.90 Å². The molecule has 0 spiro atoms. The van der Waals surface area contributed by atoms with Crippen molar-refractivity contribution in [3.63, 3.8) is 0 Å². The maximum absolute atomic E-state index is 9.87. The van der Waals surface area contributed by atoms with Gasteiger partial charge in [0.2, 0.25) is 0 Å². The van der Waals surface area contributed by atoms with Crippen molar-refractivity contribution >= 4 is 16.7 Å². The van der Waals surface area contributed by atoms with Crippen LogP contribution >= 0.6 is 0 Å². The zero-order valence-electron chi connectivity index (χ0n) is 19.1. The van der Waals surface area contributed by atoms with E-state index in [0.717, 1.165) is 54.1 Å². The van der Waals surface area contributed by atoms with Gasteiger partial charge in [0.25, 0.3) is 0 Å². The fraction of sp³-hybridized carbons (Fsp3) is 0.538. The molecule has 3 heterocycles. The molecule has 1 aromatic carbocycles. The van der Waals surface area contributed by atoms with Crippen molar-refractivity contribution in [3.8, 4) is 6.07 Å². The number of pyridine rings is 1. The molecule has 7 heteroatoms. The molecule has 3 aromatic rings. The molecule has 33 heavy (non-hydrogen) atoms. The van der Waals surface area contributed by atoms with E-state index >= 15 is 0 Å². The van der Waals surface area contributed by atoms with Crippen molar-refractivity contribution in [2.75, 3.05) is 18.0 Å². The fourth-order valence-corrected chi connectivity index (χ4v) is 5.49. The summed E-state index contributed by atoms with van der Waals surface area (Å²) in [5, 5.41) is 19.9. The van der Waals surface area contributed by atoms with Crippen LogP contribution in [0.2, 0.25) is 0 Å². The molecule has 0 N–H and O–H groups in total. The smallest absolute Gasteiger partial charge is 0.147 e. The molecule has 3 aliphatic rings. The van der Waals surface area contributed by atoms with Gasteiger partial charge in [0.05, 0.1) is 29.9 Å². The van der Waals surface area contributed by atoms with E-state index in [4.69, 9.17) is 4.98 Å². The number of aromatic nitrogens is 4. The first kappa shape index (κ1) is 20.6. The lowest BCUT2D eigenvalue weighted by atomic mass is 9.89. The van der Waals surface area contributed by atoms with E-state index in [1.807, 2.05) is 30.3 Å². The van der Waals surface area contributed by atoms with Crippen LogP contribution in [0.4, 0.5) is 5.82 Å². The third-order valence-electron chi connectivity index (χ3n) is 7.97. The first-order valence-electron chi connectivity index (χ1n) is 12.5. The summed E-state index contributed by atoms with van der Waals surface area (Å²) in [5.41, 5.74) is 2.52. The Morgan fingerprint density at radius 1 is 1.00 bits per heavy atom. The van der Waals surface area contributed by atoms with Gasteiger partial charge in [0.15, 0.2) is 0 Å². The van der Waals surface area contributed by atoms with Gasteiger partial charge in [0.1, 0.15) is 17.6 Å². The van der Waals surface area contributed by atoms with Crippen LogP contribution in [0.15, 0.2) is 36.5 Å². The van der Waals surface area contributed by atoms with E-state index in [-0.39, 0.29) is 0 Å². The summed E-state index contributed by atoms with van der Waals surface area (Å²) < 4.78 is 2.09. The Balaban J connectivity index is 1.22. The van der Waals surface area contributed by atoms with Gasteiger partial charge in [-0.15, -0.1) is 5.10 Å². The monoisotopic (exact) mass is 441 g/mol. The molecule has 0 unspecified atom stereocenters. The van der Waals surface area contributed by atoms with Crippen molar-refractivity contribution in [2.45, 2.75) is 76.0 Å². The molecule has 0 amide bonds. The number of likely N-dealkylation sites (tertiary alicyclic amines) is 1. The van der Waals surface area contributed by atoms with Crippen molar-refractivity contribution in [2.24, 2.45) is 0 Å². The highest BCUT2D eigenvalue weighted by Crippen LogP contribution is 2.34. The lowest BCUT2D eigenvalue weighted by Crippen LogP contribution is -2.45. The summed E-state index contributed by atoms with van der Waals surface area (Å²) in [6.07, 6.45) is 12.1. The second-order valence-corrected chi connectivity index (χ2v) is 9.92. The minimum absolute atomic E-state index is 0.404. The van der Waals surface area contributed by atoms with Crippen molar-refractivity contribution in [1.82, 2.24) is 24.9 Å². The van der Waals surface area contributed by atoms with E-state index in [0.29, 0.717) is 24.2 Å². The molecular formula is C26H31N7. The normalized spacial score (nSPS) is 20.3. The largest absolute Gasteiger partial charge is 0.346 e. The van der Waals surface area contributed by atoms with Crippen LogP contribution in [0.5, 0.6) is 0 Å². The van der Waals surface area contributed by atoms with Crippen LogP contribution in [-0.4, -0.2) is 50.1 Å². The topological polar surface area (TPSA) is 73.9 Å². The lowest BCUT2D eigenvalue weighted by Gasteiger charge is -2.41. The molecule has 0 atom stereocenters. The fourth-order valence-electron chi connectivity index (χ4n) is 5.49. The molecule has 0 radical (unpaired) electrons. The number of para-hydroxylation sites is 1. The molecule has 170 valence electrons. The number of piperidine rings is 1. The van der Waals surface area contributed by atoms with E-state index in [1.54, 1.807) is 0 Å². The minimum Gasteiger partial charge on any atom is -0.346 e. The molecule has 1 saturated heterocycles. The summed E-state index contributed by atoms with van der Waals surface area (Å²) >= 11 is 0. The molecular weight excluding hydrogens is 410 g/mol. The highest BCUT2D eigenvalue weighted by atomic mass is 15.4. The van der Waals surface area contributed by atoms with E-state index in [9.17, 15) is 5.26 Å². The maximum Gasteiger partial charge on any atom is 0.147 e. The SMILES string of the molecule is N#Cc1cc2ccccc2nc1N(Cc1cn(C2CCN(C3CCC3)CC2)nn1)C1CCC1. The predicted molar refractivity (Wildman–Crippen MR) is 128 cm³/mol. The summed E-state index contributed by atoms with van der Waals surface area (Å²) in [6, 6.07) is 14.1. The third kappa shape index (κ3) is 3.97. The molecule has 7 nitrogen and oxygen atoms in total. The Morgan fingerprint density at radius 2 is 1.79 bits per heavy atom. The number of fused-ring (bicyclic) bond motifs is 1. The van der Waals surface area contributed by atoms with Gasteiger partial charge in [0, 0.05) is 30.6 Å². The van der Waals surface area contributed by atoms with Gasteiger partial charge in [-0.2, -0.15) is 5.26 Å². The van der Waals surface area contributed by atoms with Crippen molar-refractivity contribution < 1.29 is 0 Å². The zero-order valence-corrected chi connectivity index (χ0v) is 19.1. The quantitative estimate of drug-likeness (QED) is 0.563. The number of rotatable bonds is 6. The molecule has 1 aliphatic heterocycles. The summed E-state index contributed by atoms with van der Waals surface area (Å²) in [6.45, 7) is 2.99. The minimum atomic E-state index is 0.404. The van der Waals surface area contributed by atoms with E-state index < -0.39 is 0 Å². The van der Waals surface area contributed by atoms with Gasteiger partial charge in [-0.1, -0.05) is 29.8 Å². The second-order valence-electron chi connectivity index (χ2n) is 9.92.